The molecule has 5 heteroatoms. The lowest BCUT2D eigenvalue weighted by Gasteiger charge is -2.17. The molecule has 2 N–H and O–H groups in total. The average Bonchev–Trinajstić information content (AvgIpc) is 3.03. The van der Waals surface area contributed by atoms with Crippen LogP contribution >= 0.6 is 0 Å². The van der Waals surface area contributed by atoms with Crippen LogP contribution in [0.2, 0.25) is 0 Å². The summed E-state index contributed by atoms with van der Waals surface area (Å²) in [4.78, 5) is 24.1. The number of fused-ring (bicyclic) bond motifs is 1. The van der Waals surface area contributed by atoms with E-state index < -0.39 is 12.0 Å². The van der Waals surface area contributed by atoms with Crippen molar-refractivity contribution in [2.75, 3.05) is 6.61 Å². The highest BCUT2D eigenvalue weighted by molar-refractivity contribution is 5.86. The second-order valence-electron chi connectivity index (χ2n) is 6.35. The number of aliphatic carboxylic acids is 1. The Morgan fingerprint density at radius 2 is 1.92 bits per heavy atom. The van der Waals surface area contributed by atoms with E-state index in [1.165, 1.54) is 0 Å². The molecule has 25 heavy (non-hydrogen) atoms. The van der Waals surface area contributed by atoms with Crippen LogP contribution < -0.4 is 10.1 Å². The maximum Gasteiger partial charge on any atom is 0.330 e. The van der Waals surface area contributed by atoms with Crippen molar-refractivity contribution in [1.82, 2.24) is 5.32 Å². The molecular weight excluding hydrogens is 318 g/mol. The van der Waals surface area contributed by atoms with Gasteiger partial charge in [0.05, 0.1) is 13.0 Å². The number of rotatable bonds is 5. The Bertz CT molecular complexity index is 808. The summed E-state index contributed by atoms with van der Waals surface area (Å²) in [6.07, 6.45) is 0.919. The lowest BCUT2D eigenvalue weighted by atomic mass is 9.99. The zero-order valence-corrected chi connectivity index (χ0v) is 14.3. The Balaban J connectivity index is 1.78. The van der Waals surface area contributed by atoms with E-state index in [2.05, 4.69) is 5.32 Å². The first-order chi connectivity index (χ1) is 12.0. The molecule has 1 aliphatic rings. The standard InChI is InChI=1S/C20H21NO4/c1-12-4-3-5-13(2)16(12)11-18(22)21-19(20(23)24)15-6-7-17-14(10-15)8-9-25-17/h3-7,10,19H,8-9,11H2,1-2H3,(H,21,22)(H,23,24). The van der Waals surface area contributed by atoms with Gasteiger partial charge in [-0.05, 0) is 53.8 Å². The molecule has 0 fully saturated rings. The van der Waals surface area contributed by atoms with Gasteiger partial charge in [-0.3, -0.25) is 4.79 Å². The third-order valence-electron chi connectivity index (χ3n) is 4.58. The smallest absolute Gasteiger partial charge is 0.330 e. The first-order valence-electron chi connectivity index (χ1n) is 8.28. The number of ether oxygens (including phenoxy) is 1. The number of carboxylic acid groups (broad SMARTS) is 1. The molecule has 130 valence electrons. The molecule has 1 aliphatic heterocycles. The Morgan fingerprint density at radius 3 is 2.60 bits per heavy atom. The van der Waals surface area contributed by atoms with Crippen LogP contribution in [-0.2, 0) is 22.4 Å². The van der Waals surface area contributed by atoms with Crippen molar-refractivity contribution in [2.24, 2.45) is 0 Å². The van der Waals surface area contributed by atoms with Crippen molar-refractivity contribution in [2.45, 2.75) is 32.7 Å². The van der Waals surface area contributed by atoms with Crippen molar-refractivity contribution >= 4 is 11.9 Å². The maximum absolute atomic E-state index is 12.4. The van der Waals surface area contributed by atoms with Gasteiger partial charge in [-0.2, -0.15) is 0 Å². The van der Waals surface area contributed by atoms with E-state index >= 15 is 0 Å². The number of aryl methyl sites for hydroxylation is 2. The van der Waals surface area contributed by atoms with Crippen LogP contribution in [0.1, 0.15) is 33.9 Å². The number of benzene rings is 2. The molecule has 2 aromatic carbocycles. The number of hydrogen-bond donors (Lipinski definition) is 2. The summed E-state index contributed by atoms with van der Waals surface area (Å²) in [6.45, 7) is 4.50. The molecule has 0 saturated heterocycles. The fraction of sp³-hybridized carbons (Fsp3) is 0.300. The van der Waals surface area contributed by atoms with Gasteiger partial charge in [-0.1, -0.05) is 24.3 Å². The summed E-state index contributed by atoms with van der Waals surface area (Å²) in [5, 5.41) is 12.2. The fourth-order valence-corrected chi connectivity index (χ4v) is 3.17. The molecule has 0 saturated carbocycles. The van der Waals surface area contributed by atoms with Crippen LogP contribution in [0.15, 0.2) is 36.4 Å². The van der Waals surface area contributed by atoms with Crippen LogP contribution in [0.25, 0.3) is 0 Å². The SMILES string of the molecule is Cc1cccc(C)c1CC(=O)NC(C(=O)O)c1ccc2c(c1)CCO2. The lowest BCUT2D eigenvalue weighted by Crippen LogP contribution is -2.35. The molecule has 1 atom stereocenters. The zero-order valence-electron chi connectivity index (χ0n) is 14.3. The van der Waals surface area contributed by atoms with E-state index in [0.717, 1.165) is 34.4 Å². The highest BCUT2D eigenvalue weighted by atomic mass is 16.5. The molecular formula is C20H21NO4. The van der Waals surface area contributed by atoms with Gasteiger partial charge < -0.3 is 15.2 Å². The Kier molecular flexibility index (Phi) is 4.74. The molecule has 0 aromatic heterocycles. The summed E-state index contributed by atoms with van der Waals surface area (Å²) >= 11 is 0. The summed E-state index contributed by atoms with van der Waals surface area (Å²) < 4.78 is 5.45. The van der Waals surface area contributed by atoms with E-state index in [4.69, 9.17) is 4.74 Å². The second kappa shape index (κ2) is 6.97. The normalized spacial score (nSPS) is 13.7. The predicted octanol–water partition coefficient (Wildman–Crippen LogP) is 2.72. The van der Waals surface area contributed by atoms with Crippen molar-refractivity contribution in [1.29, 1.82) is 0 Å². The molecule has 3 rings (SSSR count). The van der Waals surface area contributed by atoms with Crippen LogP contribution in [-0.4, -0.2) is 23.6 Å². The number of hydrogen-bond acceptors (Lipinski definition) is 3. The van der Waals surface area contributed by atoms with E-state index in [1.54, 1.807) is 18.2 Å². The molecule has 1 heterocycles. The third kappa shape index (κ3) is 3.65. The van der Waals surface area contributed by atoms with Crippen LogP contribution in [0.4, 0.5) is 0 Å². The van der Waals surface area contributed by atoms with Crippen molar-refractivity contribution in [3.05, 3.63) is 64.2 Å². The Labute approximate surface area is 146 Å². The summed E-state index contributed by atoms with van der Waals surface area (Å²) in [6, 6.07) is 10.0. The van der Waals surface area contributed by atoms with Crippen molar-refractivity contribution in [3.63, 3.8) is 0 Å². The van der Waals surface area contributed by atoms with Gasteiger partial charge in [0.1, 0.15) is 5.75 Å². The number of carbonyl (C=O) groups excluding carboxylic acids is 1. The first-order valence-corrected chi connectivity index (χ1v) is 8.28. The maximum atomic E-state index is 12.4. The van der Waals surface area contributed by atoms with Gasteiger partial charge in [0.25, 0.3) is 0 Å². The van der Waals surface area contributed by atoms with Crippen LogP contribution in [0.5, 0.6) is 5.75 Å². The Morgan fingerprint density at radius 1 is 1.20 bits per heavy atom. The summed E-state index contributed by atoms with van der Waals surface area (Å²) in [5.74, 6) is -0.593. The molecule has 1 unspecified atom stereocenters. The molecule has 1 amide bonds. The molecule has 0 spiro atoms. The van der Waals surface area contributed by atoms with Crippen LogP contribution in [0, 0.1) is 13.8 Å². The number of nitrogens with one attached hydrogen (secondary N) is 1. The van der Waals surface area contributed by atoms with Gasteiger partial charge >= 0.3 is 5.97 Å². The lowest BCUT2D eigenvalue weighted by molar-refractivity contribution is -0.141. The van der Waals surface area contributed by atoms with E-state index in [9.17, 15) is 14.7 Å². The van der Waals surface area contributed by atoms with E-state index in [1.807, 2.05) is 32.0 Å². The highest BCUT2D eigenvalue weighted by Crippen LogP contribution is 2.28. The highest BCUT2D eigenvalue weighted by Gasteiger charge is 2.24. The quantitative estimate of drug-likeness (QED) is 0.878. The first kappa shape index (κ1) is 17.0. The monoisotopic (exact) mass is 339 g/mol. The number of carboxylic acids is 1. The second-order valence-corrected chi connectivity index (χ2v) is 6.35. The molecule has 0 aliphatic carbocycles. The number of amides is 1. The molecule has 2 aromatic rings. The van der Waals surface area contributed by atoms with Gasteiger partial charge in [-0.15, -0.1) is 0 Å². The predicted molar refractivity (Wildman–Crippen MR) is 93.8 cm³/mol. The minimum Gasteiger partial charge on any atom is -0.493 e. The summed E-state index contributed by atoms with van der Waals surface area (Å²) in [5.41, 5.74) is 4.53. The fourth-order valence-electron chi connectivity index (χ4n) is 3.17. The van der Waals surface area contributed by atoms with Crippen LogP contribution in [0.3, 0.4) is 0 Å². The van der Waals surface area contributed by atoms with Gasteiger partial charge in [-0.25, -0.2) is 4.79 Å². The van der Waals surface area contributed by atoms with Gasteiger partial charge in [0.2, 0.25) is 5.91 Å². The van der Waals surface area contributed by atoms with Crippen molar-refractivity contribution in [3.8, 4) is 5.75 Å². The summed E-state index contributed by atoms with van der Waals surface area (Å²) in [7, 11) is 0. The largest absolute Gasteiger partial charge is 0.493 e. The van der Waals surface area contributed by atoms with E-state index in [-0.39, 0.29) is 12.3 Å². The zero-order chi connectivity index (χ0) is 18.0. The topological polar surface area (TPSA) is 75.6 Å². The molecule has 0 radical (unpaired) electrons. The Hall–Kier alpha value is -2.82. The third-order valence-corrected chi connectivity index (χ3v) is 4.58. The average molecular weight is 339 g/mol. The molecule has 5 nitrogen and oxygen atoms in total. The van der Waals surface area contributed by atoms with Crippen molar-refractivity contribution < 1.29 is 19.4 Å². The molecule has 0 bridgehead atoms. The minimum absolute atomic E-state index is 0.163. The van der Waals surface area contributed by atoms with E-state index in [0.29, 0.717) is 12.2 Å². The van der Waals surface area contributed by atoms with Gasteiger partial charge in [0, 0.05) is 6.42 Å². The number of carbonyl (C=O) groups is 2. The van der Waals surface area contributed by atoms with Gasteiger partial charge in [0.15, 0.2) is 6.04 Å². The minimum atomic E-state index is -1.08.